The van der Waals surface area contributed by atoms with E-state index in [0.717, 1.165) is 16.1 Å². The summed E-state index contributed by atoms with van der Waals surface area (Å²) in [6, 6.07) is 11.8. The average molecular weight is 436 g/mol. The summed E-state index contributed by atoms with van der Waals surface area (Å²) >= 11 is 0. The van der Waals surface area contributed by atoms with E-state index >= 15 is 0 Å². The molecule has 10 heteroatoms. The van der Waals surface area contributed by atoms with E-state index in [4.69, 9.17) is 14.2 Å². The Kier molecular flexibility index (Phi) is 7.65. The number of benzene rings is 2. The second-order valence-corrected chi connectivity index (χ2v) is 8.17. The van der Waals surface area contributed by atoms with Gasteiger partial charge in [-0.05, 0) is 48.9 Å². The second kappa shape index (κ2) is 9.97. The monoisotopic (exact) mass is 435 g/mol. The third-order valence-corrected chi connectivity index (χ3v) is 5.33. The van der Waals surface area contributed by atoms with Crippen LogP contribution < -0.4 is 23.9 Å². The van der Waals surface area contributed by atoms with E-state index in [2.05, 4.69) is 10.5 Å². The molecule has 0 heterocycles. The molecule has 0 fully saturated rings. The molecule has 0 aliphatic heterocycles. The number of anilines is 1. The minimum absolute atomic E-state index is 0.215. The van der Waals surface area contributed by atoms with Gasteiger partial charge in [-0.25, -0.2) is 13.8 Å². The maximum Gasteiger partial charge on any atom is 0.260 e. The predicted octanol–water partition coefficient (Wildman–Crippen LogP) is 2.02. The molecule has 0 saturated heterocycles. The predicted molar refractivity (Wildman–Crippen MR) is 115 cm³/mol. The van der Waals surface area contributed by atoms with E-state index in [1.165, 1.54) is 26.4 Å². The largest absolute Gasteiger partial charge is 0.497 e. The number of hydrogen-bond acceptors (Lipinski definition) is 7. The highest BCUT2D eigenvalue weighted by atomic mass is 32.2. The van der Waals surface area contributed by atoms with Crippen molar-refractivity contribution in [3.8, 4) is 17.2 Å². The number of methoxy groups -OCH3 is 3. The number of amides is 1. The Balaban J connectivity index is 2.20. The van der Waals surface area contributed by atoms with Crippen LogP contribution in [0.1, 0.15) is 12.5 Å². The maximum atomic E-state index is 12.4. The summed E-state index contributed by atoms with van der Waals surface area (Å²) in [4.78, 5) is 12.4. The molecule has 0 aliphatic rings. The first-order chi connectivity index (χ1) is 14.2. The molecule has 1 N–H and O–H groups in total. The molecule has 0 atom stereocenters. The Labute approximate surface area is 176 Å². The fraction of sp³-hybridized carbons (Fsp3) is 0.300. The van der Waals surface area contributed by atoms with Crippen LogP contribution in [0.4, 0.5) is 5.69 Å². The smallest absolute Gasteiger partial charge is 0.260 e. The van der Waals surface area contributed by atoms with Crippen molar-refractivity contribution in [3.05, 3.63) is 48.0 Å². The lowest BCUT2D eigenvalue weighted by Crippen LogP contribution is -2.39. The van der Waals surface area contributed by atoms with Gasteiger partial charge in [0.05, 0.1) is 39.0 Å². The first-order valence-corrected chi connectivity index (χ1v) is 10.7. The van der Waals surface area contributed by atoms with Gasteiger partial charge in [-0.3, -0.25) is 9.10 Å². The molecular formula is C20H25N3O6S. The first-order valence-electron chi connectivity index (χ1n) is 8.87. The van der Waals surface area contributed by atoms with E-state index in [9.17, 15) is 13.2 Å². The molecule has 0 aliphatic carbocycles. The molecule has 2 aromatic carbocycles. The third kappa shape index (κ3) is 5.86. The Hall–Kier alpha value is -3.27. The number of hydrazone groups is 1. The minimum Gasteiger partial charge on any atom is -0.497 e. The van der Waals surface area contributed by atoms with Crippen molar-refractivity contribution in [2.75, 3.05) is 38.4 Å². The van der Waals surface area contributed by atoms with Crippen LogP contribution in [-0.2, 0) is 14.8 Å². The summed E-state index contributed by atoms with van der Waals surface area (Å²) in [6.07, 6.45) is 1.01. The fourth-order valence-corrected chi connectivity index (χ4v) is 3.44. The number of ether oxygens (including phenoxy) is 3. The molecule has 0 bridgehead atoms. The van der Waals surface area contributed by atoms with Gasteiger partial charge in [-0.2, -0.15) is 5.10 Å². The van der Waals surface area contributed by atoms with E-state index in [0.29, 0.717) is 17.2 Å². The zero-order valence-electron chi connectivity index (χ0n) is 17.5. The van der Waals surface area contributed by atoms with Crippen LogP contribution in [0.2, 0.25) is 0 Å². The number of nitrogens with one attached hydrogen (secondary N) is 1. The van der Waals surface area contributed by atoms with Gasteiger partial charge in [-0.1, -0.05) is 0 Å². The van der Waals surface area contributed by atoms with Gasteiger partial charge in [0.1, 0.15) is 23.8 Å². The van der Waals surface area contributed by atoms with Gasteiger partial charge in [0.2, 0.25) is 10.0 Å². The van der Waals surface area contributed by atoms with Crippen molar-refractivity contribution >= 4 is 27.3 Å². The molecule has 0 unspecified atom stereocenters. The molecule has 0 spiro atoms. The molecule has 2 rings (SSSR count). The fourth-order valence-electron chi connectivity index (χ4n) is 2.58. The zero-order valence-corrected chi connectivity index (χ0v) is 18.3. The standard InChI is InChI=1S/C20H25N3O6S/c1-14(15-6-8-16(27-2)9-7-15)21-22-20(24)13-23(30(5,25)26)18-11-10-17(28-3)12-19(18)29-4/h6-12H,13H2,1-5H3,(H,22,24)/b21-14-. The van der Waals surface area contributed by atoms with Gasteiger partial charge in [0.25, 0.3) is 5.91 Å². The number of rotatable bonds is 9. The van der Waals surface area contributed by atoms with Gasteiger partial charge in [-0.15, -0.1) is 0 Å². The highest BCUT2D eigenvalue weighted by molar-refractivity contribution is 7.92. The van der Waals surface area contributed by atoms with Crippen molar-refractivity contribution in [1.82, 2.24) is 5.43 Å². The summed E-state index contributed by atoms with van der Waals surface area (Å²) < 4.78 is 41.1. The summed E-state index contributed by atoms with van der Waals surface area (Å²) in [6.45, 7) is 1.25. The van der Waals surface area contributed by atoms with Gasteiger partial charge in [0, 0.05) is 6.07 Å². The Bertz CT molecular complexity index is 1020. The average Bonchev–Trinajstić information content (AvgIpc) is 2.74. The van der Waals surface area contributed by atoms with Crippen molar-refractivity contribution < 1.29 is 27.4 Å². The molecule has 0 radical (unpaired) electrons. The summed E-state index contributed by atoms with van der Waals surface area (Å²) in [5.74, 6) is 0.845. The van der Waals surface area contributed by atoms with Gasteiger partial charge < -0.3 is 14.2 Å². The molecule has 2 aromatic rings. The maximum absolute atomic E-state index is 12.4. The molecule has 1 amide bonds. The van der Waals surface area contributed by atoms with E-state index < -0.39 is 22.5 Å². The van der Waals surface area contributed by atoms with E-state index in [1.807, 2.05) is 0 Å². The molecule has 9 nitrogen and oxygen atoms in total. The first kappa shape index (κ1) is 23.0. The lowest BCUT2D eigenvalue weighted by Gasteiger charge is -2.23. The number of carbonyl (C=O) groups is 1. The van der Waals surface area contributed by atoms with Crippen LogP contribution in [-0.4, -0.2) is 54.2 Å². The lowest BCUT2D eigenvalue weighted by molar-refractivity contribution is -0.119. The van der Waals surface area contributed by atoms with E-state index in [1.54, 1.807) is 44.4 Å². The molecule has 30 heavy (non-hydrogen) atoms. The highest BCUT2D eigenvalue weighted by Gasteiger charge is 2.24. The number of nitrogens with zero attached hydrogens (tertiary/aromatic N) is 2. The van der Waals surface area contributed by atoms with E-state index in [-0.39, 0.29) is 11.4 Å². The number of hydrogen-bond donors (Lipinski definition) is 1. The SMILES string of the molecule is COc1ccc(/C(C)=N\NC(=O)CN(c2ccc(OC)cc2OC)S(C)(=O)=O)cc1. The van der Waals surface area contributed by atoms with Crippen LogP contribution in [0.25, 0.3) is 0 Å². The summed E-state index contributed by atoms with van der Waals surface area (Å²) in [5.41, 5.74) is 3.94. The quantitative estimate of drug-likeness (QED) is 0.477. The summed E-state index contributed by atoms with van der Waals surface area (Å²) in [7, 11) is 0.686. The van der Waals surface area contributed by atoms with Crippen LogP contribution >= 0.6 is 0 Å². The molecule has 0 saturated carbocycles. The normalized spacial score (nSPS) is 11.6. The number of sulfonamides is 1. The third-order valence-electron chi connectivity index (χ3n) is 4.20. The Morgan fingerprint density at radius 3 is 2.13 bits per heavy atom. The van der Waals surface area contributed by atoms with Crippen molar-refractivity contribution in [3.63, 3.8) is 0 Å². The van der Waals surface area contributed by atoms with Crippen LogP contribution in [0.3, 0.4) is 0 Å². The van der Waals surface area contributed by atoms with Gasteiger partial charge >= 0.3 is 0 Å². The Morgan fingerprint density at radius 2 is 1.60 bits per heavy atom. The highest BCUT2D eigenvalue weighted by Crippen LogP contribution is 2.33. The molecule has 0 aromatic heterocycles. The van der Waals surface area contributed by atoms with Crippen molar-refractivity contribution in [1.29, 1.82) is 0 Å². The van der Waals surface area contributed by atoms with Crippen LogP contribution in [0.5, 0.6) is 17.2 Å². The Morgan fingerprint density at radius 1 is 1.00 bits per heavy atom. The minimum atomic E-state index is -3.77. The second-order valence-electron chi connectivity index (χ2n) is 6.27. The van der Waals surface area contributed by atoms with Crippen molar-refractivity contribution in [2.24, 2.45) is 5.10 Å². The topological polar surface area (TPSA) is 107 Å². The zero-order chi connectivity index (χ0) is 22.3. The van der Waals surface area contributed by atoms with Crippen molar-refractivity contribution in [2.45, 2.75) is 6.92 Å². The number of carbonyl (C=O) groups excluding carboxylic acids is 1. The van der Waals surface area contributed by atoms with Crippen LogP contribution in [0, 0.1) is 0 Å². The lowest BCUT2D eigenvalue weighted by atomic mass is 10.1. The molecule has 162 valence electrons. The van der Waals surface area contributed by atoms with Crippen LogP contribution in [0.15, 0.2) is 47.6 Å². The molecular weight excluding hydrogens is 410 g/mol. The van der Waals surface area contributed by atoms with Gasteiger partial charge in [0.15, 0.2) is 0 Å². The summed E-state index contributed by atoms with van der Waals surface area (Å²) in [5, 5.41) is 4.05.